The van der Waals surface area contributed by atoms with E-state index in [2.05, 4.69) is 31.0 Å². The third kappa shape index (κ3) is 6.74. The van der Waals surface area contributed by atoms with Crippen LogP contribution in [0.3, 0.4) is 0 Å². The Hall–Kier alpha value is -3.82. The van der Waals surface area contributed by atoms with Gasteiger partial charge in [0.05, 0.1) is 12.2 Å². The molecule has 222 valence electrons. The summed E-state index contributed by atoms with van der Waals surface area (Å²) in [5.41, 5.74) is -1.14. The normalized spacial score (nSPS) is 16.9. The van der Waals surface area contributed by atoms with Gasteiger partial charge < -0.3 is 10.6 Å². The minimum absolute atomic E-state index is 0.0186. The maximum atomic E-state index is 14.8. The molecule has 3 aromatic heterocycles. The Labute approximate surface area is 234 Å². The van der Waals surface area contributed by atoms with E-state index in [0.717, 1.165) is 21.8 Å². The SMILES string of the molecule is CC(c1cc(Cl)n[nH]c1=O)n1cc(NC(=O)C(NC(=O)c2ccnn2C(CF)CF)C2CCC(F)(F)CC2)c(F)n1. The summed E-state index contributed by atoms with van der Waals surface area (Å²) in [6, 6.07) is -1.17. The Bertz CT molecular complexity index is 1450. The average Bonchev–Trinajstić information content (AvgIpc) is 3.56. The van der Waals surface area contributed by atoms with Crippen molar-refractivity contribution < 1.29 is 31.5 Å². The summed E-state index contributed by atoms with van der Waals surface area (Å²) in [7, 11) is 0. The van der Waals surface area contributed by atoms with Crippen molar-refractivity contribution in [2.24, 2.45) is 5.92 Å². The van der Waals surface area contributed by atoms with Crippen LogP contribution in [0.1, 0.15) is 60.7 Å². The van der Waals surface area contributed by atoms with Crippen LogP contribution < -0.4 is 16.2 Å². The number of hydrogen-bond acceptors (Lipinski definition) is 6. The van der Waals surface area contributed by atoms with E-state index in [0.29, 0.717) is 0 Å². The number of nitrogens with one attached hydrogen (secondary N) is 3. The van der Waals surface area contributed by atoms with Crippen LogP contribution >= 0.6 is 11.6 Å². The fraction of sp³-hybridized carbons (Fsp3) is 0.500. The molecule has 0 radical (unpaired) electrons. The number of halogens is 6. The lowest BCUT2D eigenvalue weighted by Crippen LogP contribution is -2.50. The molecule has 0 bridgehead atoms. The van der Waals surface area contributed by atoms with Crippen molar-refractivity contribution in [3.05, 3.63) is 57.2 Å². The highest BCUT2D eigenvalue weighted by atomic mass is 35.5. The molecule has 0 aliphatic heterocycles. The van der Waals surface area contributed by atoms with Gasteiger partial charge in [-0.25, -0.2) is 22.7 Å². The van der Waals surface area contributed by atoms with Crippen LogP contribution in [0.2, 0.25) is 5.15 Å². The molecule has 1 aliphatic rings. The molecule has 3 aromatic rings. The van der Waals surface area contributed by atoms with E-state index >= 15 is 0 Å². The molecule has 1 fully saturated rings. The predicted molar refractivity (Wildman–Crippen MR) is 136 cm³/mol. The molecule has 3 N–H and O–H groups in total. The van der Waals surface area contributed by atoms with Gasteiger partial charge in [0.1, 0.15) is 42.0 Å². The monoisotopic (exact) mass is 604 g/mol. The Morgan fingerprint density at radius 2 is 1.93 bits per heavy atom. The zero-order valence-electron chi connectivity index (χ0n) is 21.6. The summed E-state index contributed by atoms with van der Waals surface area (Å²) >= 11 is 5.84. The topological polar surface area (TPSA) is 140 Å². The van der Waals surface area contributed by atoms with Gasteiger partial charge in [-0.15, -0.1) is 5.10 Å². The van der Waals surface area contributed by atoms with Crippen LogP contribution in [0.25, 0.3) is 0 Å². The van der Waals surface area contributed by atoms with Gasteiger partial charge in [-0.2, -0.15) is 14.6 Å². The van der Waals surface area contributed by atoms with Crippen LogP contribution in [0.4, 0.5) is 27.6 Å². The maximum absolute atomic E-state index is 14.8. The van der Waals surface area contributed by atoms with Gasteiger partial charge in [-0.3, -0.25) is 23.7 Å². The first-order valence-electron chi connectivity index (χ1n) is 12.6. The zero-order chi connectivity index (χ0) is 29.9. The number of alkyl halides is 4. The molecule has 1 aliphatic carbocycles. The van der Waals surface area contributed by atoms with E-state index in [9.17, 15) is 36.3 Å². The van der Waals surface area contributed by atoms with Crippen molar-refractivity contribution >= 4 is 29.1 Å². The number of aromatic amines is 1. The van der Waals surface area contributed by atoms with Crippen LogP contribution in [0.15, 0.2) is 29.3 Å². The summed E-state index contributed by atoms with van der Waals surface area (Å²) in [5.74, 6) is -6.67. The number of aromatic nitrogens is 6. The molecule has 0 aromatic carbocycles. The molecule has 41 heavy (non-hydrogen) atoms. The van der Waals surface area contributed by atoms with Crippen molar-refractivity contribution in [3.8, 4) is 0 Å². The lowest BCUT2D eigenvalue weighted by molar-refractivity contribution is -0.121. The smallest absolute Gasteiger partial charge is 0.270 e. The second-order valence-electron chi connectivity index (χ2n) is 9.72. The highest BCUT2D eigenvalue weighted by Crippen LogP contribution is 2.38. The van der Waals surface area contributed by atoms with E-state index in [1.807, 2.05) is 0 Å². The molecular formula is C24H26ClF5N8O3. The molecule has 4 rings (SSSR count). The van der Waals surface area contributed by atoms with Crippen LogP contribution in [0.5, 0.6) is 0 Å². The lowest BCUT2D eigenvalue weighted by atomic mass is 9.81. The van der Waals surface area contributed by atoms with E-state index < -0.39 is 85.2 Å². The molecule has 17 heteroatoms. The van der Waals surface area contributed by atoms with E-state index in [1.54, 1.807) is 0 Å². The molecule has 2 atom stereocenters. The van der Waals surface area contributed by atoms with Gasteiger partial charge in [0, 0.05) is 24.6 Å². The average molecular weight is 605 g/mol. The van der Waals surface area contributed by atoms with E-state index in [4.69, 9.17) is 11.6 Å². The maximum Gasteiger partial charge on any atom is 0.270 e. The van der Waals surface area contributed by atoms with Gasteiger partial charge in [0.2, 0.25) is 11.8 Å². The van der Waals surface area contributed by atoms with Gasteiger partial charge in [-0.05, 0) is 37.8 Å². The highest BCUT2D eigenvalue weighted by molar-refractivity contribution is 6.29. The minimum atomic E-state index is -2.94. The number of anilines is 1. The predicted octanol–water partition coefficient (Wildman–Crippen LogP) is 3.61. The number of nitrogens with zero attached hydrogens (tertiary/aromatic N) is 5. The van der Waals surface area contributed by atoms with E-state index in [1.165, 1.54) is 19.1 Å². The Kier molecular flexibility index (Phi) is 9.09. The van der Waals surface area contributed by atoms with Gasteiger partial charge >= 0.3 is 0 Å². The molecule has 2 unspecified atom stereocenters. The second kappa shape index (κ2) is 12.4. The number of amides is 2. The summed E-state index contributed by atoms with van der Waals surface area (Å²) in [5, 5.41) is 18.0. The molecule has 0 saturated heterocycles. The first-order valence-corrected chi connectivity index (χ1v) is 13.0. The number of carbonyl (C=O) groups is 2. The molecule has 2 amide bonds. The number of H-pyrrole nitrogens is 1. The fourth-order valence-electron chi connectivity index (χ4n) is 4.68. The van der Waals surface area contributed by atoms with Crippen LogP contribution in [-0.2, 0) is 4.79 Å². The first-order chi connectivity index (χ1) is 19.4. The Morgan fingerprint density at radius 3 is 2.59 bits per heavy atom. The minimum Gasteiger partial charge on any atom is -0.339 e. The van der Waals surface area contributed by atoms with Crippen molar-refractivity contribution in [1.82, 2.24) is 35.1 Å². The third-order valence-electron chi connectivity index (χ3n) is 7.00. The van der Waals surface area contributed by atoms with E-state index in [-0.39, 0.29) is 29.3 Å². The van der Waals surface area contributed by atoms with Crippen LogP contribution in [0, 0.1) is 11.9 Å². The zero-order valence-corrected chi connectivity index (χ0v) is 22.3. The first kappa shape index (κ1) is 30.1. The van der Waals surface area contributed by atoms with Crippen molar-refractivity contribution in [2.75, 3.05) is 18.7 Å². The largest absolute Gasteiger partial charge is 0.339 e. The summed E-state index contributed by atoms with van der Waals surface area (Å²) in [6.07, 6.45) is 0.929. The fourth-order valence-corrected chi connectivity index (χ4v) is 4.84. The Morgan fingerprint density at radius 1 is 1.24 bits per heavy atom. The standard InChI is InChI=1S/C24H26ClF5N8O3/c1-12(15-8-18(25)34-35-21(15)39)37-11-16(20(28)36-37)32-23(41)19(13-2-5-24(29,30)6-3-13)33-22(40)17-4-7-31-38(17)14(9-26)10-27/h4,7-8,11-14,19H,2-3,5-6,9-10H2,1H3,(H,32,41)(H,33,40)(H,35,39). The molecular weight excluding hydrogens is 579 g/mol. The van der Waals surface area contributed by atoms with Gasteiger partial charge in [0.25, 0.3) is 17.4 Å². The summed E-state index contributed by atoms with van der Waals surface area (Å²) in [6.45, 7) is -0.784. The number of rotatable bonds is 10. The molecule has 11 nitrogen and oxygen atoms in total. The second-order valence-corrected chi connectivity index (χ2v) is 10.1. The summed E-state index contributed by atoms with van der Waals surface area (Å²) in [4.78, 5) is 38.6. The summed E-state index contributed by atoms with van der Waals surface area (Å²) < 4.78 is 70.9. The quantitative estimate of drug-likeness (QED) is 0.302. The van der Waals surface area contributed by atoms with Crippen LogP contribution in [-0.4, -0.2) is 66.9 Å². The highest BCUT2D eigenvalue weighted by Gasteiger charge is 2.41. The van der Waals surface area contributed by atoms with Crippen molar-refractivity contribution in [3.63, 3.8) is 0 Å². The van der Waals surface area contributed by atoms with Gasteiger partial charge in [0.15, 0.2) is 0 Å². The Balaban J connectivity index is 1.58. The molecule has 1 saturated carbocycles. The molecule has 3 heterocycles. The van der Waals surface area contributed by atoms with Crippen molar-refractivity contribution in [1.29, 1.82) is 0 Å². The molecule has 0 spiro atoms. The van der Waals surface area contributed by atoms with Crippen molar-refractivity contribution in [2.45, 2.75) is 56.7 Å². The van der Waals surface area contributed by atoms with Gasteiger partial charge in [-0.1, -0.05) is 11.6 Å². The number of hydrogen-bond donors (Lipinski definition) is 3. The number of carbonyl (C=O) groups excluding carboxylic acids is 2. The lowest BCUT2D eigenvalue weighted by Gasteiger charge is -2.33. The third-order valence-corrected chi connectivity index (χ3v) is 7.19.